The molecule has 1 aliphatic carbocycles. The summed E-state index contributed by atoms with van der Waals surface area (Å²) in [6.07, 6.45) is 3.11. The van der Waals surface area contributed by atoms with Crippen LogP contribution in [0.2, 0.25) is 0 Å². The maximum atomic E-state index is 10.9. The zero-order valence-electron chi connectivity index (χ0n) is 10.9. The Labute approximate surface area is 103 Å². The first-order valence-electron chi connectivity index (χ1n) is 6.26. The van der Waals surface area contributed by atoms with E-state index in [4.69, 9.17) is 4.74 Å². The lowest BCUT2D eigenvalue weighted by atomic mass is 9.88. The van der Waals surface area contributed by atoms with Crippen LogP contribution in [0, 0.1) is 5.41 Å². The average molecular weight is 232 g/mol. The zero-order chi connectivity index (χ0) is 12.5. The summed E-state index contributed by atoms with van der Waals surface area (Å²) in [6, 6.07) is 6.73. The fourth-order valence-corrected chi connectivity index (χ4v) is 2.60. The fourth-order valence-electron chi connectivity index (χ4n) is 2.60. The lowest BCUT2D eigenvalue weighted by Crippen LogP contribution is -2.25. The molecule has 1 aliphatic rings. The summed E-state index contributed by atoms with van der Waals surface area (Å²) in [5, 5.41) is 0. The van der Waals surface area contributed by atoms with Gasteiger partial charge in [0, 0.05) is 12.3 Å². The van der Waals surface area contributed by atoms with Crippen molar-refractivity contribution in [2.24, 2.45) is 5.41 Å². The lowest BCUT2D eigenvalue weighted by Gasteiger charge is -2.22. The van der Waals surface area contributed by atoms with Crippen LogP contribution in [-0.4, -0.2) is 12.6 Å². The Bertz CT molecular complexity index is 437. The molecule has 0 aromatic heterocycles. The van der Waals surface area contributed by atoms with Crippen LogP contribution in [0.5, 0.6) is 0 Å². The minimum Gasteiger partial charge on any atom is -0.465 e. The van der Waals surface area contributed by atoms with Gasteiger partial charge in [-0.05, 0) is 36.0 Å². The molecule has 0 aliphatic heterocycles. The highest BCUT2D eigenvalue weighted by atomic mass is 16.5. The van der Waals surface area contributed by atoms with Gasteiger partial charge in [0.1, 0.15) is 0 Å². The number of esters is 1. The van der Waals surface area contributed by atoms with Crippen LogP contribution in [0.3, 0.4) is 0 Å². The van der Waals surface area contributed by atoms with Crippen molar-refractivity contribution >= 4 is 5.97 Å². The van der Waals surface area contributed by atoms with Gasteiger partial charge in [-0.2, -0.15) is 0 Å². The highest BCUT2D eigenvalue weighted by Crippen LogP contribution is 2.37. The molecular weight excluding hydrogens is 212 g/mol. The highest BCUT2D eigenvalue weighted by Gasteiger charge is 2.33. The van der Waals surface area contributed by atoms with Gasteiger partial charge in [0.2, 0.25) is 0 Å². The van der Waals surface area contributed by atoms with E-state index < -0.39 is 0 Å². The third kappa shape index (κ3) is 2.68. The predicted molar refractivity (Wildman–Crippen MR) is 68.0 cm³/mol. The van der Waals surface area contributed by atoms with E-state index >= 15 is 0 Å². The van der Waals surface area contributed by atoms with Crippen molar-refractivity contribution in [1.82, 2.24) is 0 Å². The quantitative estimate of drug-likeness (QED) is 0.749. The summed E-state index contributed by atoms with van der Waals surface area (Å²) in [7, 11) is 0. The number of aryl methyl sites for hydroxylation is 1. The number of hydrogen-bond acceptors (Lipinski definition) is 2. The van der Waals surface area contributed by atoms with Crippen LogP contribution in [0.15, 0.2) is 18.2 Å². The fraction of sp³-hybridized carbons (Fsp3) is 0.533. The standard InChI is InChI=1S/C15H20O2/c1-4-12-5-6-13-8-15(3,9-14(13)7-12)10-17-11(2)16/h5-7H,4,8-10H2,1-3H3. The number of benzene rings is 1. The summed E-state index contributed by atoms with van der Waals surface area (Å²) < 4.78 is 5.18. The predicted octanol–water partition coefficient (Wildman–Crippen LogP) is 2.92. The number of hydrogen-bond donors (Lipinski definition) is 0. The third-order valence-corrected chi connectivity index (χ3v) is 3.54. The largest absolute Gasteiger partial charge is 0.465 e. The molecule has 0 N–H and O–H groups in total. The van der Waals surface area contributed by atoms with E-state index in [0.717, 1.165) is 19.3 Å². The second-order valence-electron chi connectivity index (χ2n) is 5.40. The zero-order valence-corrected chi connectivity index (χ0v) is 10.9. The summed E-state index contributed by atoms with van der Waals surface area (Å²) in [6.45, 7) is 6.37. The number of rotatable bonds is 3. The molecule has 1 aromatic rings. The molecule has 2 heteroatoms. The highest BCUT2D eigenvalue weighted by molar-refractivity contribution is 5.66. The molecule has 92 valence electrons. The lowest BCUT2D eigenvalue weighted by molar-refractivity contribution is -0.144. The van der Waals surface area contributed by atoms with E-state index in [1.165, 1.54) is 23.6 Å². The van der Waals surface area contributed by atoms with Crippen LogP contribution in [-0.2, 0) is 28.8 Å². The molecule has 0 radical (unpaired) electrons. The molecule has 0 spiro atoms. The second-order valence-corrected chi connectivity index (χ2v) is 5.40. The van der Waals surface area contributed by atoms with Gasteiger partial charge in [0.15, 0.2) is 0 Å². The smallest absolute Gasteiger partial charge is 0.302 e. The Hall–Kier alpha value is -1.31. The minimum absolute atomic E-state index is 0.0837. The summed E-state index contributed by atoms with van der Waals surface area (Å²) >= 11 is 0. The number of carbonyl (C=O) groups excluding carboxylic acids is 1. The molecule has 17 heavy (non-hydrogen) atoms. The average Bonchev–Trinajstić information content (AvgIpc) is 2.62. The van der Waals surface area contributed by atoms with E-state index in [9.17, 15) is 4.79 Å². The van der Waals surface area contributed by atoms with Gasteiger partial charge in [-0.15, -0.1) is 0 Å². The SMILES string of the molecule is CCc1ccc2c(c1)CC(C)(COC(C)=O)C2. The Morgan fingerprint density at radius 3 is 2.71 bits per heavy atom. The number of fused-ring (bicyclic) bond motifs is 1. The molecule has 0 bridgehead atoms. The van der Waals surface area contributed by atoms with Crippen molar-refractivity contribution < 1.29 is 9.53 Å². The van der Waals surface area contributed by atoms with Gasteiger partial charge in [0.05, 0.1) is 6.61 Å². The van der Waals surface area contributed by atoms with E-state index in [1.807, 2.05) is 0 Å². The Balaban J connectivity index is 2.11. The first kappa shape index (κ1) is 12.2. The summed E-state index contributed by atoms with van der Waals surface area (Å²) in [5.41, 5.74) is 4.32. The Morgan fingerprint density at radius 2 is 2.06 bits per heavy atom. The number of ether oxygens (including phenoxy) is 1. The van der Waals surface area contributed by atoms with Gasteiger partial charge in [0.25, 0.3) is 0 Å². The van der Waals surface area contributed by atoms with Crippen molar-refractivity contribution in [3.63, 3.8) is 0 Å². The molecule has 0 saturated carbocycles. The first-order chi connectivity index (χ1) is 8.02. The maximum Gasteiger partial charge on any atom is 0.302 e. The van der Waals surface area contributed by atoms with Crippen LogP contribution < -0.4 is 0 Å². The topological polar surface area (TPSA) is 26.3 Å². The van der Waals surface area contributed by atoms with Crippen molar-refractivity contribution in [3.8, 4) is 0 Å². The molecule has 1 unspecified atom stereocenters. The summed E-state index contributed by atoms with van der Waals surface area (Å²) in [5.74, 6) is -0.184. The molecule has 0 amide bonds. The van der Waals surface area contributed by atoms with Crippen molar-refractivity contribution in [2.45, 2.75) is 40.0 Å². The molecule has 0 fully saturated rings. The summed E-state index contributed by atoms with van der Waals surface area (Å²) in [4.78, 5) is 10.9. The van der Waals surface area contributed by atoms with Crippen LogP contribution >= 0.6 is 0 Å². The maximum absolute atomic E-state index is 10.9. The minimum atomic E-state index is -0.184. The van der Waals surface area contributed by atoms with Gasteiger partial charge >= 0.3 is 5.97 Å². The van der Waals surface area contributed by atoms with Crippen molar-refractivity contribution in [2.75, 3.05) is 6.61 Å². The Morgan fingerprint density at radius 1 is 1.35 bits per heavy atom. The third-order valence-electron chi connectivity index (χ3n) is 3.54. The monoisotopic (exact) mass is 232 g/mol. The number of carbonyl (C=O) groups is 1. The van der Waals surface area contributed by atoms with Crippen LogP contribution in [0.4, 0.5) is 0 Å². The molecule has 2 rings (SSSR count). The van der Waals surface area contributed by atoms with Gasteiger partial charge in [-0.1, -0.05) is 32.0 Å². The van der Waals surface area contributed by atoms with Crippen molar-refractivity contribution in [3.05, 3.63) is 34.9 Å². The molecular formula is C15H20O2. The van der Waals surface area contributed by atoms with Crippen LogP contribution in [0.1, 0.15) is 37.5 Å². The van der Waals surface area contributed by atoms with E-state index in [1.54, 1.807) is 0 Å². The van der Waals surface area contributed by atoms with Gasteiger partial charge in [-0.3, -0.25) is 4.79 Å². The van der Waals surface area contributed by atoms with Gasteiger partial charge in [-0.25, -0.2) is 0 Å². The van der Waals surface area contributed by atoms with E-state index in [0.29, 0.717) is 6.61 Å². The van der Waals surface area contributed by atoms with Gasteiger partial charge < -0.3 is 4.74 Å². The van der Waals surface area contributed by atoms with Crippen molar-refractivity contribution in [1.29, 1.82) is 0 Å². The molecule has 1 aromatic carbocycles. The first-order valence-corrected chi connectivity index (χ1v) is 6.26. The normalized spacial score (nSPS) is 22.3. The molecule has 0 heterocycles. The van der Waals surface area contributed by atoms with E-state index in [2.05, 4.69) is 32.0 Å². The molecule has 1 atom stereocenters. The van der Waals surface area contributed by atoms with Crippen LogP contribution in [0.25, 0.3) is 0 Å². The molecule has 2 nitrogen and oxygen atoms in total. The Kier molecular flexibility index (Phi) is 3.23. The second kappa shape index (κ2) is 4.52. The van der Waals surface area contributed by atoms with E-state index in [-0.39, 0.29) is 11.4 Å². The molecule has 0 saturated heterocycles.